The second-order valence-electron chi connectivity index (χ2n) is 5.32. The van der Waals surface area contributed by atoms with E-state index in [-0.39, 0.29) is 10.6 Å². The lowest BCUT2D eigenvalue weighted by Gasteiger charge is -2.31. The first kappa shape index (κ1) is 15.2. The summed E-state index contributed by atoms with van der Waals surface area (Å²) in [6.45, 7) is 2.19. The van der Waals surface area contributed by atoms with Gasteiger partial charge in [-0.2, -0.15) is 8.78 Å². The summed E-state index contributed by atoms with van der Waals surface area (Å²) in [5.74, 6) is -3.09. The van der Waals surface area contributed by atoms with Gasteiger partial charge in [0.05, 0.1) is 10.6 Å². The van der Waals surface area contributed by atoms with Crippen molar-refractivity contribution in [3.8, 4) is 0 Å². The second-order valence-corrected chi connectivity index (χ2v) is 7.21. The lowest BCUT2D eigenvalue weighted by atomic mass is 9.95. The summed E-state index contributed by atoms with van der Waals surface area (Å²) < 4.78 is 48.8. The van der Waals surface area contributed by atoms with Crippen molar-refractivity contribution < 1.29 is 17.2 Å². The molecule has 4 nitrogen and oxygen atoms in total. The van der Waals surface area contributed by atoms with Gasteiger partial charge in [0, 0.05) is 12.1 Å². The molecule has 0 heterocycles. The summed E-state index contributed by atoms with van der Waals surface area (Å²) in [5, 5.41) is 3.06. The molecule has 0 saturated heterocycles. The third-order valence-electron chi connectivity index (χ3n) is 3.75. The molecule has 1 unspecified atom stereocenters. The van der Waals surface area contributed by atoms with E-state index in [1.807, 2.05) is 6.92 Å². The van der Waals surface area contributed by atoms with Crippen LogP contribution >= 0.6 is 0 Å². The highest BCUT2D eigenvalue weighted by Crippen LogP contribution is 2.41. The van der Waals surface area contributed by atoms with E-state index in [0.717, 1.165) is 12.8 Å². The molecule has 1 aromatic rings. The highest BCUT2D eigenvalue weighted by atomic mass is 32.2. The fraction of sp³-hybridized carbons (Fsp3) is 0.538. The number of para-hydroxylation sites is 1. The first-order valence-corrected chi connectivity index (χ1v) is 7.95. The van der Waals surface area contributed by atoms with Crippen LogP contribution in [0.1, 0.15) is 19.8 Å². The number of anilines is 1. The van der Waals surface area contributed by atoms with Crippen LogP contribution in [0.3, 0.4) is 0 Å². The van der Waals surface area contributed by atoms with Crippen molar-refractivity contribution in [1.82, 2.24) is 0 Å². The number of nitrogens with one attached hydrogen (secondary N) is 1. The Hall–Kier alpha value is -1.21. The van der Waals surface area contributed by atoms with Gasteiger partial charge < -0.3 is 11.1 Å². The molecule has 2 rings (SSSR count). The van der Waals surface area contributed by atoms with Crippen molar-refractivity contribution in [3.05, 3.63) is 24.3 Å². The molecule has 0 spiro atoms. The van der Waals surface area contributed by atoms with Gasteiger partial charge in [0.15, 0.2) is 0 Å². The summed E-state index contributed by atoms with van der Waals surface area (Å²) >= 11 is 0. The Labute approximate surface area is 117 Å². The van der Waals surface area contributed by atoms with Gasteiger partial charge in [0.2, 0.25) is 9.84 Å². The molecule has 1 aromatic carbocycles. The molecule has 0 aliphatic heterocycles. The van der Waals surface area contributed by atoms with Gasteiger partial charge in [-0.15, -0.1) is 0 Å². The number of rotatable bonds is 6. The van der Waals surface area contributed by atoms with E-state index in [9.17, 15) is 17.2 Å². The average molecular weight is 304 g/mol. The zero-order valence-corrected chi connectivity index (χ0v) is 12.0. The monoisotopic (exact) mass is 304 g/mol. The predicted octanol–water partition coefficient (Wildman–Crippen LogP) is 2.22. The predicted molar refractivity (Wildman–Crippen MR) is 73.4 cm³/mol. The number of hydrogen-bond acceptors (Lipinski definition) is 4. The fourth-order valence-corrected chi connectivity index (χ4v) is 3.15. The number of sulfone groups is 1. The minimum absolute atomic E-state index is 0.188. The third-order valence-corrected chi connectivity index (χ3v) is 5.19. The molecule has 1 saturated carbocycles. The van der Waals surface area contributed by atoms with Crippen LogP contribution in [0.2, 0.25) is 0 Å². The maximum atomic E-state index is 12.7. The lowest BCUT2D eigenvalue weighted by molar-refractivity contribution is 0.235. The van der Waals surface area contributed by atoms with Crippen molar-refractivity contribution in [2.45, 2.75) is 36.0 Å². The summed E-state index contributed by atoms with van der Waals surface area (Å²) in [4.78, 5) is -0.379. The van der Waals surface area contributed by atoms with Gasteiger partial charge in [-0.3, -0.25) is 0 Å². The zero-order chi connectivity index (χ0) is 15.0. The van der Waals surface area contributed by atoms with Crippen LogP contribution in [0.15, 0.2) is 29.2 Å². The molecule has 0 radical (unpaired) electrons. The molecular weight excluding hydrogens is 286 g/mol. The van der Waals surface area contributed by atoms with Crippen LogP contribution in [0.5, 0.6) is 0 Å². The van der Waals surface area contributed by atoms with E-state index < -0.39 is 21.1 Å². The number of hydrogen-bond donors (Lipinski definition) is 2. The Bertz CT molecular complexity index is 588. The van der Waals surface area contributed by atoms with Crippen LogP contribution in [-0.2, 0) is 9.84 Å². The standard InChI is InChI=1S/C13H18F2N2O2S/c1-13(8-16,9-6-7-9)17-10-4-2-3-5-11(10)20(18,19)12(14)15/h2-5,9,12,17H,6-8,16H2,1H3. The van der Waals surface area contributed by atoms with Crippen molar-refractivity contribution in [3.63, 3.8) is 0 Å². The highest BCUT2D eigenvalue weighted by Gasteiger charge is 2.41. The summed E-state index contributed by atoms with van der Waals surface area (Å²) in [5.41, 5.74) is 5.46. The first-order chi connectivity index (χ1) is 9.31. The maximum Gasteiger partial charge on any atom is 0.341 e. The Kier molecular flexibility index (Phi) is 4.02. The molecule has 0 aromatic heterocycles. The minimum atomic E-state index is -4.63. The number of benzene rings is 1. The molecule has 20 heavy (non-hydrogen) atoms. The Morgan fingerprint density at radius 1 is 1.40 bits per heavy atom. The zero-order valence-electron chi connectivity index (χ0n) is 11.1. The van der Waals surface area contributed by atoms with E-state index in [4.69, 9.17) is 5.73 Å². The molecule has 1 atom stereocenters. The van der Waals surface area contributed by atoms with Crippen LogP contribution in [0.4, 0.5) is 14.5 Å². The molecule has 1 aliphatic carbocycles. The van der Waals surface area contributed by atoms with Crippen molar-refractivity contribution in [2.75, 3.05) is 11.9 Å². The minimum Gasteiger partial charge on any atom is -0.377 e. The number of alkyl halides is 2. The van der Waals surface area contributed by atoms with E-state index in [1.54, 1.807) is 6.07 Å². The van der Waals surface area contributed by atoms with Crippen LogP contribution in [0, 0.1) is 5.92 Å². The van der Waals surface area contributed by atoms with Crippen molar-refractivity contribution >= 4 is 15.5 Å². The van der Waals surface area contributed by atoms with E-state index in [2.05, 4.69) is 5.32 Å². The molecule has 0 amide bonds. The molecule has 7 heteroatoms. The largest absolute Gasteiger partial charge is 0.377 e. The first-order valence-electron chi connectivity index (χ1n) is 6.40. The van der Waals surface area contributed by atoms with Gasteiger partial charge in [0.1, 0.15) is 0 Å². The lowest BCUT2D eigenvalue weighted by Crippen LogP contribution is -2.45. The van der Waals surface area contributed by atoms with Gasteiger partial charge in [-0.1, -0.05) is 12.1 Å². The quantitative estimate of drug-likeness (QED) is 0.845. The average Bonchev–Trinajstić information content (AvgIpc) is 3.23. The number of nitrogens with two attached hydrogens (primary N) is 1. The second kappa shape index (κ2) is 5.29. The van der Waals surface area contributed by atoms with E-state index in [1.165, 1.54) is 18.2 Å². The summed E-state index contributed by atoms with van der Waals surface area (Å²) in [6, 6.07) is 5.72. The van der Waals surface area contributed by atoms with Gasteiger partial charge in [0.25, 0.3) is 0 Å². The van der Waals surface area contributed by atoms with Gasteiger partial charge in [-0.05, 0) is 37.8 Å². The van der Waals surface area contributed by atoms with E-state index >= 15 is 0 Å². The Morgan fingerprint density at radius 3 is 2.50 bits per heavy atom. The Balaban J connectivity index is 2.38. The van der Waals surface area contributed by atoms with Gasteiger partial charge >= 0.3 is 5.76 Å². The molecule has 3 N–H and O–H groups in total. The van der Waals surface area contributed by atoms with Crippen LogP contribution < -0.4 is 11.1 Å². The SMILES string of the molecule is CC(CN)(Nc1ccccc1S(=O)(=O)C(F)F)C1CC1. The normalized spacial score (nSPS) is 18.9. The smallest absolute Gasteiger partial charge is 0.341 e. The van der Waals surface area contributed by atoms with E-state index in [0.29, 0.717) is 12.5 Å². The van der Waals surface area contributed by atoms with Crippen LogP contribution in [0.25, 0.3) is 0 Å². The summed E-state index contributed by atoms with van der Waals surface area (Å²) in [6.07, 6.45) is 2.01. The molecule has 112 valence electrons. The fourth-order valence-electron chi connectivity index (χ4n) is 2.26. The van der Waals surface area contributed by atoms with Gasteiger partial charge in [-0.25, -0.2) is 8.42 Å². The maximum absolute atomic E-state index is 12.7. The summed E-state index contributed by atoms with van der Waals surface area (Å²) in [7, 11) is -4.63. The highest BCUT2D eigenvalue weighted by molar-refractivity contribution is 7.91. The number of halogens is 2. The van der Waals surface area contributed by atoms with Crippen molar-refractivity contribution in [1.29, 1.82) is 0 Å². The molecule has 0 bridgehead atoms. The van der Waals surface area contributed by atoms with Crippen LogP contribution in [-0.4, -0.2) is 26.3 Å². The molecular formula is C13H18F2N2O2S. The molecule has 1 fully saturated rings. The topological polar surface area (TPSA) is 72.2 Å². The third kappa shape index (κ3) is 2.78. The molecule has 1 aliphatic rings. The van der Waals surface area contributed by atoms with Crippen molar-refractivity contribution in [2.24, 2.45) is 11.7 Å². The Morgan fingerprint density at radius 2 is 2.00 bits per heavy atom.